The molecule has 1 unspecified atom stereocenters. The van der Waals surface area contributed by atoms with E-state index < -0.39 is 0 Å². The van der Waals surface area contributed by atoms with Crippen molar-refractivity contribution in [2.75, 3.05) is 19.7 Å². The van der Waals surface area contributed by atoms with Crippen LogP contribution in [0.15, 0.2) is 18.5 Å². The zero-order valence-electron chi connectivity index (χ0n) is 11.7. The van der Waals surface area contributed by atoms with Gasteiger partial charge in [0.25, 0.3) is 0 Å². The molecule has 0 bridgehead atoms. The number of rotatable bonds is 5. The van der Waals surface area contributed by atoms with Crippen molar-refractivity contribution >= 4 is 5.78 Å². The van der Waals surface area contributed by atoms with E-state index in [0.717, 1.165) is 32.4 Å². The van der Waals surface area contributed by atoms with Crippen LogP contribution in [0.25, 0.3) is 0 Å². The van der Waals surface area contributed by atoms with Crippen LogP contribution in [0, 0.1) is 5.41 Å². The molecule has 1 saturated heterocycles. The molecule has 104 valence electrons. The fourth-order valence-corrected chi connectivity index (χ4v) is 2.72. The monoisotopic (exact) mass is 262 g/mol. The number of nitrogens with zero attached hydrogens (tertiary/aromatic N) is 1. The first-order chi connectivity index (χ1) is 9.22. The Balaban J connectivity index is 2.24. The van der Waals surface area contributed by atoms with Crippen molar-refractivity contribution < 1.29 is 9.53 Å². The number of pyridine rings is 1. The molecule has 1 aromatic rings. The number of carbonyl (C=O) groups is 1. The smallest absolute Gasteiger partial charge is 0.171 e. The fraction of sp³-hybridized carbons (Fsp3) is 0.600. The maximum absolute atomic E-state index is 12.8. The van der Waals surface area contributed by atoms with Crippen LogP contribution >= 0.6 is 0 Å². The molecule has 1 N–H and O–H groups in total. The number of ketones is 1. The van der Waals surface area contributed by atoms with Gasteiger partial charge in [-0.1, -0.05) is 6.92 Å². The molecule has 1 aromatic heterocycles. The Labute approximate surface area is 114 Å². The summed E-state index contributed by atoms with van der Waals surface area (Å²) in [5.74, 6) is 0.861. The summed E-state index contributed by atoms with van der Waals surface area (Å²) in [6, 6.07) is 1.81. The van der Waals surface area contributed by atoms with Crippen molar-refractivity contribution in [2.24, 2.45) is 5.41 Å². The molecule has 0 amide bonds. The quantitative estimate of drug-likeness (QED) is 0.828. The SMILES string of the molecule is CCOc1cncc(C(=O)C2(CC)CCCNC2)c1. The van der Waals surface area contributed by atoms with Crippen LogP contribution < -0.4 is 10.1 Å². The molecule has 1 atom stereocenters. The third-order valence-electron chi connectivity index (χ3n) is 3.92. The van der Waals surface area contributed by atoms with Crippen LogP contribution in [0.3, 0.4) is 0 Å². The number of aromatic nitrogens is 1. The minimum Gasteiger partial charge on any atom is -0.492 e. The van der Waals surface area contributed by atoms with E-state index in [9.17, 15) is 4.79 Å². The van der Waals surface area contributed by atoms with E-state index in [1.165, 1.54) is 0 Å². The number of nitrogens with one attached hydrogen (secondary N) is 1. The van der Waals surface area contributed by atoms with E-state index in [-0.39, 0.29) is 11.2 Å². The molecule has 4 nitrogen and oxygen atoms in total. The van der Waals surface area contributed by atoms with Gasteiger partial charge in [-0.3, -0.25) is 9.78 Å². The predicted molar refractivity (Wildman–Crippen MR) is 74.6 cm³/mol. The molecule has 0 saturated carbocycles. The molecule has 0 aliphatic carbocycles. The van der Waals surface area contributed by atoms with Crippen LogP contribution in [0.4, 0.5) is 0 Å². The second kappa shape index (κ2) is 6.15. The van der Waals surface area contributed by atoms with Gasteiger partial charge in [0.2, 0.25) is 0 Å². The summed E-state index contributed by atoms with van der Waals surface area (Å²) in [4.78, 5) is 16.9. The first-order valence-electron chi connectivity index (χ1n) is 7.05. The van der Waals surface area contributed by atoms with Crippen molar-refractivity contribution in [3.05, 3.63) is 24.0 Å². The average Bonchev–Trinajstić information content (AvgIpc) is 2.48. The number of Topliss-reactive ketones (excluding diaryl/α,β-unsaturated/α-hetero) is 1. The minimum atomic E-state index is -0.273. The molecule has 4 heteroatoms. The highest BCUT2D eigenvalue weighted by atomic mass is 16.5. The Morgan fingerprint density at radius 1 is 1.47 bits per heavy atom. The van der Waals surface area contributed by atoms with Crippen molar-refractivity contribution in [1.29, 1.82) is 0 Å². The molecule has 2 rings (SSSR count). The summed E-state index contributed by atoms with van der Waals surface area (Å²) in [5, 5.41) is 3.34. The van der Waals surface area contributed by atoms with Gasteiger partial charge in [0, 0.05) is 23.7 Å². The van der Waals surface area contributed by atoms with Gasteiger partial charge in [-0.15, -0.1) is 0 Å². The molecule has 0 spiro atoms. The van der Waals surface area contributed by atoms with Gasteiger partial charge in [-0.25, -0.2) is 0 Å². The van der Waals surface area contributed by atoms with Crippen LogP contribution in [0.5, 0.6) is 5.75 Å². The third-order valence-corrected chi connectivity index (χ3v) is 3.92. The lowest BCUT2D eigenvalue weighted by Gasteiger charge is -2.35. The first kappa shape index (κ1) is 14.0. The van der Waals surface area contributed by atoms with E-state index in [2.05, 4.69) is 17.2 Å². The standard InChI is InChI=1S/C15H22N2O2/c1-3-15(6-5-7-16-11-15)14(18)12-8-13(19-4-2)10-17-9-12/h8-10,16H,3-7,11H2,1-2H3. The summed E-state index contributed by atoms with van der Waals surface area (Å²) in [7, 11) is 0. The Kier molecular flexibility index (Phi) is 4.53. The lowest BCUT2D eigenvalue weighted by atomic mass is 9.73. The van der Waals surface area contributed by atoms with E-state index >= 15 is 0 Å². The van der Waals surface area contributed by atoms with Crippen LogP contribution in [-0.2, 0) is 0 Å². The number of hydrogen-bond acceptors (Lipinski definition) is 4. The maximum Gasteiger partial charge on any atom is 0.171 e. The zero-order valence-corrected chi connectivity index (χ0v) is 11.7. The summed E-state index contributed by atoms with van der Waals surface area (Å²) >= 11 is 0. The molecule has 19 heavy (non-hydrogen) atoms. The summed E-state index contributed by atoms with van der Waals surface area (Å²) in [6.45, 7) is 6.37. The Bertz CT molecular complexity index is 440. The highest BCUT2D eigenvalue weighted by Gasteiger charge is 2.38. The third kappa shape index (κ3) is 2.95. The lowest BCUT2D eigenvalue weighted by molar-refractivity contribution is 0.0729. The van der Waals surface area contributed by atoms with E-state index in [4.69, 9.17) is 4.74 Å². The van der Waals surface area contributed by atoms with Gasteiger partial charge in [0.05, 0.1) is 12.8 Å². The largest absolute Gasteiger partial charge is 0.492 e. The molecule has 1 aliphatic heterocycles. The van der Waals surface area contributed by atoms with Crippen LogP contribution in [0.1, 0.15) is 43.5 Å². The second-order valence-corrected chi connectivity index (χ2v) is 5.09. The predicted octanol–water partition coefficient (Wildman–Crippen LogP) is 2.44. The number of ether oxygens (including phenoxy) is 1. The number of piperidine rings is 1. The molecule has 0 radical (unpaired) electrons. The van der Waals surface area contributed by atoms with Crippen LogP contribution in [-0.4, -0.2) is 30.5 Å². The van der Waals surface area contributed by atoms with Crippen molar-refractivity contribution in [3.63, 3.8) is 0 Å². The number of carbonyl (C=O) groups excluding carboxylic acids is 1. The van der Waals surface area contributed by atoms with Gasteiger partial charge < -0.3 is 10.1 Å². The van der Waals surface area contributed by atoms with E-state index in [0.29, 0.717) is 17.9 Å². The van der Waals surface area contributed by atoms with Crippen molar-refractivity contribution in [1.82, 2.24) is 10.3 Å². The average molecular weight is 262 g/mol. The molecule has 1 aliphatic rings. The number of hydrogen-bond donors (Lipinski definition) is 1. The maximum atomic E-state index is 12.8. The summed E-state index contributed by atoms with van der Waals surface area (Å²) in [5.41, 5.74) is 0.390. The summed E-state index contributed by atoms with van der Waals surface area (Å²) < 4.78 is 5.42. The highest BCUT2D eigenvalue weighted by Crippen LogP contribution is 2.34. The molecular formula is C15H22N2O2. The topological polar surface area (TPSA) is 51.2 Å². The van der Waals surface area contributed by atoms with Gasteiger partial charge >= 0.3 is 0 Å². The van der Waals surface area contributed by atoms with E-state index in [1.54, 1.807) is 12.4 Å². The molecule has 1 fully saturated rings. The van der Waals surface area contributed by atoms with Gasteiger partial charge in [0.15, 0.2) is 5.78 Å². The van der Waals surface area contributed by atoms with E-state index in [1.807, 2.05) is 13.0 Å². The van der Waals surface area contributed by atoms with Crippen molar-refractivity contribution in [2.45, 2.75) is 33.1 Å². The Hall–Kier alpha value is -1.42. The molecule has 2 heterocycles. The molecule has 0 aromatic carbocycles. The zero-order chi connectivity index (χ0) is 13.7. The molecular weight excluding hydrogens is 240 g/mol. The second-order valence-electron chi connectivity index (χ2n) is 5.09. The minimum absolute atomic E-state index is 0.191. The normalized spacial score (nSPS) is 23.1. The highest BCUT2D eigenvalue weighted by molar-refractivity contribution is 6.00. The Morgan fingerprint density at radius 2 is 2.32 bits per heavy atom. The Morgan fingerprint density at radius 3 is 2.95 bits per heavy atom. The van der Waals surface area contributed by atoms with Gasteiger partial charge in [-0.2, -0.15) is 0 Å². The lowest BCUT2D eigenvalue weighted by Crippen LogP contribution is -2.45. The van der Waals surface area contributed by atoms with Gasteiger partial charge in [0.1, 0.15) is 5.75 Å². The fourth-order valence-electron chi connectivity index (χ4n) is 2.72. The summed E-state index contributed by atoms with van der Waals surface area (Å²) in [6.07, 6.45) is 6.17. The van der Waals surface area contributed by atoms with Gasteiger partial charge in [-0.05, 0) is 38.8 Å². The van der Waals surface area contributed by atoms with Crippen LogP contribution in [0.2, 0.25) is 0 Å². The first-order valence-corrected chi connectivity index (χ1v) is 7.05. The van der Waals surface area contributed by atoms with Crippen molar-refractivity contribution in [3.8, 4) is 5.75 Å².